The summed E-state index contributed by atoms with van der Waals surface area (Å²) in [5, 5.41) is 12.5. The SMILES string of the molecule is CCOC(=O)c1c(CSc2cccc(Cl)c2)n(CC)c2cc(Br)c(O)c(CN3CCCC3)c12. The van der Waals surface area contributed by atoms with E-state index in [0.29, 0.717) is 40.5 Å². The number of nitrogens with zero attached hydrogens (tertiary/aromatic N) is 2. The predicted octanol–water partition coefficient (Wildman–Crippen LogP) is 6.85. The molecule has 1 fully saturated rings. The predicted molar refractivity (Wildman–Crippen MR) is 138 cm³/mol. The number of esters is 1. The lowest BCUT2D eigenvalue weighted by Gasteiger charge is -2.18. The first kappa shape index (κ1) is 24.5. The molecule has 0 amide bonds. The number of aromatic nitrogens is 1. The maximum Gasteiger partial charge on any atom is 0.340 e. The second kappa shape index (κ2) is 10.7. The van der Waals surface area contributed by atoms with Gasteiger partial charge in [0.15, 0.2) is 0 Å². The Balaban J connectivity index is 1.89. The lowest BCUT2D eigenvalue weighted by Crippen LogP contribution is -2.19. The molecular formula is C25H28BrClN2O3S. The van der Waals surface area contributed by atoms with Crippen LogP contribution in [0.2, 0.25) is 5.02 Å². The lowest BCUT2D eigenvalue weighted by molar-refractivity contribution is 0.0527. The van der Waals surface area contributed by atoms with Crippen LogP contribution in [0.3, 0.4) is 0 Å². The number of fused-ring (bicyclic) bond motifs is 1. The van der Waals surface area contributed by atoms with Gasteiger partial charge in [-0.05, 0) is 80.0 Å². The zero-order valence-corrected chi connectivity index (χ0v) is 22.0. The van der Waals surface area contributed by atoms with Crippen molar-refractivity contribution in [3.8, 4) is 5.75 Å². The molecule has 0 saturated carbocycles. The number of carbonyl (C=O) groups is 1. The fraction of sp³-hybridized carbons (Fsp3) is 0.400. The lowest BCUT2D eigenvalue weighted by atomic mass is 10.0. The van der Waals surface area contributed by atoms with E-state index in [1.165, 1.54) is 0 Å². The van der Waals surface area contributed by atoms with Gasteiger partial charge in [0.25, 0.3) is 0 Å². The summed E-state index contributed by atoms with van der Waals surface area (Å²) in [4.78, 5) is 16.7. The molecule has 0 atom stereocenters. The van der Waals surface area contributed by atoms with Crippen LogP contribution < -0.4 is 0 Å². The molecule has 2 heterocycles. The molecule has 0 unspecified atom stereocenters. The topological polar surface area (TPSA) is 54.7 Å². The van der Waals surface area contributed by atoms with Crippen molar-refractivity contribution in [2.75, 3.05) is 19.7 Å². The third-order valence-corrected chi connectivity index (χ3v) is 7.88. The Bertz CT molecular complexity index is 1170. The third-order valence-electron chi connectivity index (χ3n) is 6.04. The number of thioether (sulfide) groups is 1. The van der Waals surface area contributed by atoms with Gasteiger partial charge in [-0.25, -0.2) is 4.79 Å². The van der Waals surface area contributed by atoms with E-state index in [2.05, 4.69) is 32.3 Å². The zero-order chi connectivity index (χ0) is 23.5. The molecule has 4 rings (SSSR count). The summed E-state index contributed by atoms with van der Waals surface area (Å²) in [6.07, 6.45) is 2.31. The second-order valence-corrected chi connectivity index (χ2v) is 10.4. The van der Waals surface area contributed by atoms with Crippen LogP contribution in [0.15, 0.2) is 39.7 Å². The van der Waals surface area contributed by atoms with E-state index in [1.807, 2.05) is 37.3 Å². The number of hydrogen-bond donors (Lipinski definition) is 1. The Labute approximate surface area is 212 Å². The minimum Gasteiger partial charge on any atom is -0.506 e. The number of ether oxygens (including phenoxy) is 1. The molecule has 8 heteroatoms. The highest BCUT2D eigenvalue weighted by Crippen LogP contribution is 2.42. The third kappa shape index (κ3) is 5.06. The number of aryl methyl sites for hydroxylation is 1. The molecule has 1 N–H and O–H groups in total. The molecule has 0 spiro atoms. The average molecular weight is 552 g/mol. The summed E-state index contributed by atoms with van der Waals surface area (Å²) in [5.41, 5.74) is 3.17. The van der Waals surface area contributed by atoms with Gasteiger partial charge in [-0.3, -0.25) is 4.90 Å². The van der Waals surface area contributed by atoms with Gasteiger partial charge >= 0.3 is 5.97 Å². The summed E-state index contributed by atoms with van der Waals surface area (Å²) < 4.78 is 8.31. The fourth-order valence-electron chi connectivity index (χ4n) is 4.56. The highest BCUT2D eigenvalue weighted by molar-refractivity contribution is 9.10. The quantitative estimate of drug-likeness (QED) is 0.245. The van der Waals surface area contributed by atoms with Crippen LogP contribution in [-0.4, -0.2) is 40.2 Å². The van der Waals surface area contributed by atoms with Crippen molar-refractivity contribution in [2.24, 2.45) is 0 Å². The Morgan fingerprint density at radius 1 is 1.24 bits per heavy atom. The summed E-state index contributed by atoms with van der Waals surface area (Å²) >= 11 is 11.4. The molecule has 0 radical (unpaired) electrons. The largest absolute Gasteiger partial charge is 0.506 e. The molecular weight excluding hydrogens is 524 g/mol. The number of phenolic OH excluding ortho intramolecular Hbond substituents is 1. The van der Waals surface area contributed by atoms with Gasteiger partial charge in [0.05, 0.1) is 22.2 Å². The Morgan fingerprint density at radius 3 is 2.67 bits per heavy atom. The zero-order valence-electron chi connectivity index (χ0n) is 18.9. The number of benzene rings is 2. The minimum absolute atomic E-state index is 0.197. The molecule has 1 aromatic heterocycles. The van der Waals surface area contributed by atoms with Crippen LogP contribution in [-0.2, 0) is 23.6 Å². The molecule has 2 aromatic carbocycles. The van der Waals surface area contributed by atoms with E-state index >= 15 is 0 Å². The van der Waals surface area contributed by atoms with Crippen molar-refractivity contribution in [2.45, 2.75) is 50.4 Å². The van der Waals surface area contributed by atoms with Crippen molar-refractivity contribution >= 4 is 56.2 Å². The van der Waals surface area contributed by atoms with Gasteiger partial charge in [0.2, 0.25) is 0 Å². The normalized spacial score (nSPS) is 14.3. The van der Waals surface area contributed by atoms with Crippen molar-refractivity contribution in [1.82, 2.24) is 9.47 Å². The number of likely N-dealkylation sites (tertiary alicyclic amines) is 1. The van der Waals surface area contributed by atoms with Gasteiger partial charge in [0, 0.05) is 45.4 Å². The highest BCUT2D eigenvalue weighted by Gasteiger charge is 2.29. The van der Waals surface area contributed by atoms with E-state index in [1.54, 1.807) is 11.8 Å². The van der Waals surface area contributed by atoms with Gasteiger partial charge in [0.1, 0.15) is 5.75 Å². The van der Waals surface area contributed by atoms with Crippen molar-refractivity contribution in [3.63, 3.8) is 0 Å². The van der Waals surface area contributed by atoms with Crippen molar-refractivity contribution < 1.29 is 14.6 Å². The first-order chi connectivity index (χ1) is 15.9. The molecule has 0 bridgehead atoms. The molecule has 0 aliphatic carbocycles. The number of halogens is 2. The van der Waals surface area contributed by atoms with Crippen LogP contribution in [0, 0.1) is 0 Å². The van der Waals surface area contributed by atoms with Crippen LogP contribution in [0.5, 0.6) is 5.75 Å². The van der Waals surface area contributed by atoms with Crippen LogP contribution in [0.4, 0.5) is 0 Å². The summed E-state index contributed by atoms with van der Waals surface area (Å²) in [7, 11) is 0. The molecule has 1 aliphatic rings. The number of aromatic hydroxyl groups is 1. The first-order valence-electron chi connectivity index (χ1n) is 11.3. The van der Waals surface area contributed by atoms with E-state index < -0.39 is 0 Å². The van der Waals surface area contributed by atoms with E-state index in [-0.39, 0.29) is 11.7 Å². The fourth-order valence-corrected chi connectivity index (χ4v) is 6.26. The van der Waals surface area contributed by atoms with Gasteiger partial charge in [-0.15, -0.1) is 11.8 Å². The average Bonchev–Trinajstić information content (AvgIpc) is 3.41. The van der Waals surface area contributed by atoms with Crippen molar-refractivity contribution in [3.05, 3.63) is 56.6 Å². The highest BCUT2D eigenvalue weighted by atomic mass is 79.9. The Morgan fingerprint density at radius 2 is 2.00 bits per heavy atom. The van der Waals surface area contributed by atoms with Crippen LogP contribution in [0.25, 0.3) is 10.9 Å². The standard InChI is InChI=1S/C25H28BrClN2O3S/c1-3-29-20-13-19(26)24(30)18(14-28-10-5-6-11-28)22(20)23(25(31)32-4-2)21(29)15-33-17-9-7-8-16(27)12-17/h7-9,12-13,30H,3-6,10-11,14-15H2,1-2H3. The maximum absolute atomic E-state index is 13.3. The Hall–Kier alpha value is -1.67. The molecule has 176 valence electrons. The molecule has 1 saturated heterocycles. The first-order valence-corrected chi connectivity index (χ1v) is 13.4. The summed E-state index contributed by atoms with van der Waals surface area (Å²) in [5.74, 6) is 0.432. The monoisotopic (exact) mass is 550 g/mol. The maximum atomic E-state index is 13.3. The van der Waals surface area contributed by atoms with Crippen LogP contribution >= 0.6 is 39.3 Å². The molecule has 5 nitrogen and oxygen atoms in total. The minimum atomic E-state index is -0.346. The summed E-state index contributed by atoms with van der Waals surface area (Å²) in [6.45, 7) is 7.47. The second-order valence-electron chi connectivity index (χ2n) is 8.10. The van der Waals surface area contributed by atoms with Crippen LogP contribution in [0.1, 0.15) is 48.3 Å². The summed E-state index contributed by atoms with van der Waals surface area (Å²) in [6, 6.07) is 9.63. The molecule has 33 heavy (non-hydrogen) atoms. The number of rotatable bonds is 8. The van der Waals surface area contributed by atoms with E-state index in [4.69, 9.17) is 16.3 Å². The van der Waals surface area contributed by atoms with E-state index in [0.717, 1.165) is 53.0 Å². The van der Waals surface area contributed by atoms with Gasteiger partial charge in [-0.1, -0.05) is 17.7 Å². The smallest absolute Gasteiger partial charge is 0.340 e. The molecule has 3 aromatic rings. The Kier molecular flexibility index (Phi) is 7.95. The van der Waals surface area contributed by atoms with Gasteiger partial charge < -0.3 is 14.4 Å². The molecule has 1 aliphatic heterocycles. The van der Waals surface area contributed by atoms with Gasteiger partial charge in [-0.2, -0.15) is 0 Å². The van der Waals surface area contributed by atoms with Crippen molar-refractivity contribution in [1.29, 1.82) is 0 Å². The number of hydrogen-bond acceptors (Lipinski definition) is 5. The number of phenols is 1. The number of carbonyl (C=O) groups excluding carboxylic acids is 1. The van der Waals surface area contributed by atoms with E-state index in [9.17, 15) is 9.90 Å².